The second-order valence-corrected chi connectivity index (χ2v) is 5.56. The summed E-state index contributed by atoms with van der Waals surface area (Å²) in [4.78, 5) is 4.02. The molecule has 0 radical (unpaired) electrons. The molecule has 0 aromatic carbocycles. The number of aromatic hydroxyl groups is 1. The first-order valence-electron chi connectivity index (χ1n) is 6.19. The molecule has 0 bridgehead atoms. The van der Waals surface area contributed by atoms with Gasteiger partial charge in [-0.25, -0.2) is 0 Å². The van der Waals surface area contributed by atoms with Gasteiger partial charge < -0.3 is 20.6 Å². The summed E-state index contributed by atoms with van der Waals surface area (Å²) in [6.07, 6.45) is 3.53. The lowest BCUT2D eigenvalue weighted by Crippen LogP contribution is -2.37. The van der Waals surface area contributed by atoms with Crippen LogP contribution >= 0.6 is 11.8 Å². The Hall–Kier alpha value is -0.820. The fourth-order valence-corrected chi connectivity index (χ4v) is 2.50. The number of aromatic nitrogens is 1. The van der Waals surface area contributed by atoms with E-state index in [1.807, 2.05) is 13.2 Å². The number of nitrogens with zero attached hydrogens (tertiary/aromatic N) is 1. The monoisotopic (exact) mass is 286 g/mol. The van der Waals surface area contributed by atoms with Gasteiger partial charge in [0.25, 0.3) is 0 Å². The third-order valence-corrected chi connectivity index (χ3v) is 4.40. The summed E-state index contributed by atoms with van der Waals surface area (Å²) in [7, 11) is 0. The predicted molar refractivity (Wildman–Crippen MR) is 77.3 cm³/mol. The summed E-state index contributed by atoms with van der Waals surface area (Å²) in [6.45, 7) is 4.09. The van der Waals surface area contributed by atoms with Crippen molar-refractivity contribution in [3.05, 3.63) is 23.0 Å². The summed E-state index contributed by atoms with van der Waals surface area (Å²) in [5.41, 5.74) is 1.83. The summed E-state index contributed by atoms with van der Waals surface area (Å²) >= 11 is 1.59. The second-order valence-electron chi connectivity index (χ2n) is 4.48. The molecular weight excluding hydrogens is 264 g/mol. The van der Waals surface area contributed by atoms with Crippen LogP contribution in [-0.2, 0) is 13.2 Å². The molecule has 0 aliphatic carbocycles. The molecule has 5 nitrogen and oxygen atoms in total. The zero-order valence-electron chi connectivity index (χ0n) is 11.6. The Morgan fingerprint density at radius 1 is 1.42 bits per heavy atom. The van der Waals surface area contributed by atoms with Crippen LogP contribution in [0, 0.1) is 6.92 Å². The van der Waals surface area contributed by atoms with Gasteiger partial charge in [0.2, 0.25) is 0 Å². The summed E-state index contributed by atoms with van der Waals surface area (Å²) in [5.74, 6) is 0.121. The third-order valence-electron chi connectivity index (χ3n) is 3.24. The summed E-state index contributed by atoms with van der Waals surface area (Å²) in [5, 5.41) is 31.9. The van der Waals surface area contributed by atoms with Crippen LogP contribution in [0.5, 0.6) is 5.75 Å². The maximum Gasteiger partial charge on any atom is 0.141 e. The lowest BCUT2D eigenvalue weighted by atomic mass is 10.1. The van der Waals surface area contributed by atoms with Crippen molar-refractivity contribution in [3.63, 3.8) is 0 Å². The zero-order valence-corrected chi connectivity index (χ0v) is 12.4. The van der Waals surface area contributed by atoms with E-state index in [1.165, 1.54) is 0 Å². The Morgan fingerprint density at radius 3 is 2.63 bits per heavy atom. The van der Waals surface area contributed by atoms with E-state index >= 15 is 0 Å². The van der Waals surface area contributed by atoms with Gasteiger partial charge >= 0.3 is 0 Å². The molecule has 0 aliphatic heterocycles. The third kappa shape index (κ3) is 4.07. The van der Waals surface area contributed by atoms with Gasteiger partial charge in [0.05, 0.1) is 18.9 Å². The Kier molecular flexibility index (Phi) is 6.57. The van der Waals surface area contributed by atoms with Crippen LogP contribution < -0.4 is 5.32 Å². The average Bonchev–Trinajstić information content (AvgIpc) is 2.41. The van der Waals surface area contributed by atoms with E-state index in [4.69, 9.17) is 0 Å². The fourth-order valence-electron chi connectivity index (χ4n) is 1.85. The zero-order chi connectivity index (χ0) is 14.4. The van der Waals surface area contributed by atoms with Crippen LogP contribution in [0.4, 0.5) is 0 Å². The molecule has 0 saturated carbocycles. The Bertz CT molecular complexity index is 411. The molecule has 0 saturated heterocycles. The van der Waals surface area contributed by atoms with Crippen molar-refractivity contribution in [2.24, 2.45) is 0 Å². The van der Waals surface area contributed by atoms with E-state index in [-0.39, 0.29) is 30.3 Å². The smallest absolute Gasteiger partial charge is 0.141 e. The molecule has 6 heteroatoms. The number of aliphatic hydroxyl groups excluding tert-OH is 2. The lowest BCUT2D eigenvalue weighted by molar-refractivity contribution is 0.272. The number of hydrogen-bond acceptors (Lipinski definition) is 6. The van der Waals surface area contributed by atoms with Gasteiger partial charge in [-0.15, -0.1) is 0 Å². The SMILES string of the molecule is CSC(CO)C(C)NCc1c(CO)cnc(C)c1O. The van der Waals surface area contributed by atoms with Gasteiger partial charge in [-0.2, -0.15) is 11.8 Å². The van der Waals surface area contributed by atoms with Gasteiger partial charge in [0.15, 0.2) is 0 Å². The molecule has 0 amide bonds. The number of nitrogens with one attached hydrogen (secondary N) is 1. The maximum atomic E-state index is 10.0. The highest BCUT2D eigenvalue weighted by Crippen LogP contribution is 2.24. The minimum atomic E-state index is -0.155. The van der Waals surface area contributed by atoms with Crippen molar-refractivity contribution >= 4 is 11.8 Å². The van der Waals surface area contributed by atoms with Gasteiger partial charge in [-0.05, 0) is 20.1 Å². The molecule has 2 unspecified atom stereocenters. The van der Waals surface area contributed by atoms with Gasteiger partial charge in [-0.1, -0.05) is 0 Å². The summed E-state index contributed by atoms with van der Waals surface area (Å²) < 4.78 is 0. The topological polar surface area (TPSA) is 85.6 Å². The number of pyridine rings is 1. The van der Waals surface area contributed by atoms with Crippen molar-refractivity contribution in [2.45, 2.75) is 38.3 Å². The van der Waals surface area contributed by atoms with Crippen LogP contribution in [0.2, 0.25) is 0 Å². The van der Waals surface area contributed by atoms with E-state index < -0.39 is 0 Å². The number of hydrogen-bond donors (Lipinski definition) is 4. The molecular formula is C13H22N2O3S. The van der Waals surface area contributed by atoms with Crippen molar-refractivity contribution in [2.75, 3.05) is 12.9 Å². The molecule has 0 aliphatic rings. The molecule has 1 aromatic heterocycles. The number of aryl methyl sites for hydroxylation is 1. The molecule has 1 heterocycles. The fraction of sp³-hybridized carbons (Fsp3) is 0.615. The van der Waals surface area contributed by atoms with Crippen LogP contribution in [-0.4, -0.2) is 44.5 Å². The largest absolute Gasteiger partial charge is 0.506 e. The maximum absolute atomic E-state index is 10.0. The van der Waals surface area contributed by atoms with Crippen molar-refractivity contribution in [3.8, 4) is 5.75 Å². The molecule has 0 fully saturated rings. The molecule has 4 N–H and O–H groups in total. The molecule has 1 rings (SSSR count). The molecule has 2 atom stereocenters. The van der Waals surface area contributed by atoms with E-state index in [2.05, 4.69) is 10.3 Å². The molecule has 19 heavy (non-hydrogen) atoms. The van der Waals surface area contributed by atoms with Crippen molar-refractivity contribution in [1.29, 1.82) is 0 Å². The van der Waals surface area contributed by atoms with Crippen molar-refractivity contribution in [1.82, 2.24) is 10.3 Å². The highest BCUT2D eigenvalue weighted by atomic mass is 32.2. The van der Waals surface area contributed by atoms with Gasteiger partial charge in [0.1, 0.15) is 5.75 Å². The van der Waals surface area contributed by atoms with E-state index in [1.54, 1.807) is 24.9 Å². The van der Waals surface area contributed by atoms with Crippen LogP contribution in [0.25, 0.3) is 0 Å². The van der Waals surface area contributed by atoms with E-state index in [0.29, 0.717) is 23.4 Å². The minimum absolute atomic E-state index is 0.0967. The predicted octanol–water partition coefficient (Wildman–Crippen LogP) is 0.790. The molecule has 0 spiro atoms. The quantitative estimate of drug-likeness (QED) is 0.593. The first kappa shape index (κ1) is 16.2. The van der Waals surface area contributed by atoms with Crippen molar-refractivity contribution < 1.29 is 15.3 Å². The molecule has 108 valence electrons. The first-order chi connectivity index (χ1) is 9.04. The number of rotatable bonds is 7. The van der Waals surface area contributed by atoms with Gasteiger partial charge in [-0.3, -0.25) is 4.98 Å². The lowest BCUT2D eigenvalue weighted by Gasteiger charge is -2.22. The summed E-state index contributed by atoms with van der Waals surface area (Å²) in [6, 6.07) is 0.0967. The Balaban J connectivity index is 2.79. The Labute approximate surface area is 118 Å². The van der Waals surface area contributed by atoms with E-state index in [0.717, 1.165) is 0 Å². The minimum Gasteiger partial charge on any atom is -0.506 e. The molecule has 1 aromatic rings. The van der Waals surface area contributed by atoms with Crippen LogP contribution in [0.15, 0.2) is 6.20 Å². The van der Waals surface area contributed by atoms with Crippen LogP contribution in [0.1, 0.15) is 23.7 Å². The normalized spacial score (nSPS) is 14.4. The average molecular weight is 286 g/mol. The Morgan fingerprint density at radius 2 is 2.11 bits per heavy atom. The van der Waals surface area contributed by atoms with Gasteiger partial charge in [0, 0.05) is 35.2 Å². The first-order valence-corrected chi connectivity index (χ1v) is 7.48. The van der Waals surface area contributed by atoms with E-state index in [9.17, 15) is 15.3 Å². The number of aliphatic hydroxyl groups is 2. The highest BCUT2D eigenvalue weighted by Gasteiger charge is 2.17. The standard InChI is InChI=1S/C13H22N2O3S/c1-8(12(7-17)19-3)15-5-11-10(6-16)4-14-9(2)13(11)18/h4,8,12,15-18H,5-7H2,1-3H3. The number of thioether (sulfide) groups is 1. The highest BCUT2D eigenvalue weighted by molar-refractivity contribution is 7.99. The van der Waals surface area contributed by atoms with Crippen LogP contribution in [0.3, 0.4) is 0 Å². The second kappa shape index (κ2) is 7.69.